The van der Waals surface area contributed by atoms with E-state index in [2.05, 4.69) is 25.7 Å². The number of carbonyl (C=O) groups excluding carboxylic acids is 1. The van der Waals surface area contributed by atoms with Crippen LogP contribution in [-0.4, -0.2) is 35.3 Å². The molecule has 0 aromatic heterocycles. The maximum atomic E-state index is 13.1. The molecule has 0 bridgehead atoms. The molecule has 0 radical (unpaired) electrons. The Morgan fingerprint density at radius 2 is 1.61 bits per heavy atom. The van der Waals surface area contributed by atoms with Crippen LogP contribution in [0.5, 0.6) is 0 Å². The average molecular weight is 392 g/mol. The van der Waals surface area contributed by atoms with Gasteiger partial charge in [0.25, 0.3) is 5.91 Å². The van der Waals surface area contributed by atoms with Gasteiger partial charge in [-0.25, -0.2) is 0 Å². The molecule has 2 aromatic carbocycles. The molecule has 0 atom stereocenters. The molecule has 0 spiro atoms. The Bertz CT molecular complexity index is 785. The number of amides is 1. The van der Waals surface area contributed by atoms with Crippen LogP contribution >= 0.6 is 0 Å². The summed E-state index contributed by atoms with van der Waals surface area (Å²) in [4.78, 5) is 16.3. The van der Waals surface area contributed by atoms with Crippen molar-refractivity contribution in [3.63, 3.8) is 0 Å². The molecule has 0 aliphatic rings. The van der Waals surface area contributed by atoms with Crippen molar-refractivity contribution in [1.29, 1.82) is 0 Å². The number of halogens is 3. The lowest BCUT2D eigenvalue weighted by atomic mass is 10.1. The molecule has 6 heteroatoms. The van der Waals surface area contributed by atoms with Crippen molar-refractivity contribution in [2.24, 2.45) is 0 Å². The summed E-state index contributed by atoms with van der Waals surface area (Å²) in [5.74, 6) is -0.306. The third kappa shape index (κ3) is 5.58. The van der Waals surface area contributed by atoms with Gasteiger partial charge < -0.3 is 4.90 Å². The summed E-state index contributed by atoms with van der Waals surface area (Å²) in [6.07, 6.45) is -4.44. The summed E-state index contributed by atoms with van der Waals surface area (Å²) in [7, 11) is 1.51. The first-order valence-corrected chi connectivity index (χ1v) is 9.37. The molecule has 0 N–H and O–H groups in total. The molecular formula is C22H27F3N2O. The molecule has 2 aromatic rings. The van der Waals surface area contributed by atoms with Crippen molar-refractivity contribution in [2.45, 2.75) is 46.1 Å². The highest BCUT2D eigenvalue weighted by atomic mass is 19.4. The minimum absolute atomic E-state index is 0.0815. The minimum Gasteiger partial charge on any atom is -0.337 e. The molecule has 3 nitrogen and oxygen atoms in total. The zero-order valence-corrected chi connectivity index (χ0v) is 16.8. The molecule has 1 amide bonds. The smallest absolute Gasteiger partial charge is 0.337 e. The van der Waals surface area contributed by atoms with Gasteiger partial charge >= 0.3 is 6.18 Å². The van der Waals surface area contributed by atoms with Crippen molar-refractivity contribution < 1.29 is 18.0 Å². The summed E-state index contributed by atoms with van der Waals surface area (Å²) in [5, 5.41) is 0. The number of hydrogen-bond acceptors (Lipinski definition) is 2. The Morgan fingerprint density at radius 1 is 1.00 bits per heavy atom. The maximum Gasteiger partial charge on any atom is 0.416 e. The Labute approximate surface area is 164 Å². The molecule has 0 saturated carbocycles. The SMILES string of the molecule is CCN(Cc1ccc(C(=O)N(C)Cc2ccccc2C(F)(F)F)cc1)C(C)C. The van der Waals surface area contributed by atoms with Crippen molar-refractivity contribution in [3.8, 4) is 0 Å². The van der Waals surface area contributed by atoms with E-state index in [9.17, 15) is 18.0 Å². The monoisotopic (exact) mass is 392 g/mol. The fraction of sp³-hybridized carbons (Fsp3) is 0.409. The normalized spacial score (nSPS) is 11.9. The maximum absolute atomic E-state index is 13.1. The third-order valence-electron chi connectivity index (χ3n) is 4.80. The fourth-order valence-electron chi connectivity index (χ4n) is 3.13. The quantitative estimate of drug-likeness (QED) is 0.646. The number of hydrogen-bond donors (Lipinski definition) is 0. The summed E-state index contributed by atoms with van der Waals surface area (Å²) in [6, 6.07) is 13.0. The molecule has 0 saturated heterocycles. The van der Waals surface area contributed by atoms with Crippen LogP contribution in [0.15, 0.2) is 48.5 Å². The molecule has 0 heterocycles. The van der Waals surface area contributed by atoms with E-state index in [4.69, 9.17) is 0 Å². The summed E-state index contributed by atoms with van der Waals surface area (Å²) in [5.41, 5.74) is 0.928. The lowest BCUT2D eigenvalue weighted by molar-refractivity contribution is -0.138. The second-order valence-electron chi connectivity index (χ2n) is 7.17. The highest BCUT2D eigenvalue weighted by Crippen LogP contribution is 2.32. The van der Waals surface area contributed by atoms with E-state index < -0.39 is 11.7 Å². The van der Waals surface area contributed by atoms with Crippen LogP contribution in [0.2, 0.25) is 0 Å². The first-order valence-electron chi connectivity index (χ1n) is 9.37. The molecule has 2 rings (SSSR count). The minimum atomic E-state index is -4.44. The van der Waals surface area contributed by atoms with Gasteiger partial charge in [0.2, 0.25) is 0 Å². The van der Waals surface area contributed by atoms with E-state index >= 15 is 0 Å². The topological polar surface area (TPSA) is 23.6 Å². The van der Waals surface area contributed by atoms with E-state index in [1.807, 2.05) is 12.1 Å². The Morgan fingerprint density at radius 3 is 2.14 bits per heavy atom. The molecule has 0 aliphatic heterocycles. The van der Waals surface area contributed by atoms with E-state index in [0.717, 1.165) is 24.7 Å². The zero-order chi connectivity index (χ0) is 20.9. The summed E-state index contributed by atoms with van der Waals surface area (Å²) in [6.45, 7) is 7.99. The second kappa shape index (κ2) is 9.24. The fourth-order valence-corrected chi connectivity index (χ4v) is 3.13. The number of alkyl halides is 3. The molecule has 0 unspecified atom stereocenters. The van der Waals surface area contributed by atoms with Crippen molar-refractivity contribution >= 4 is 5.91 Å². The van der Waals surface area contributed by atoms with Crippen LogP contribution in [0.25, 0.3) is 0 Å². The number of nitrogens with zero attached hydrogens (tertiary/aromatic N) is 2. The van der Waals surface area contributed by atoms with E-state index in [-0.39, 0.29) is 18.0 Å². The number of benzene rings is 2. The summed E-state index contributed by atoms with van der Waals surface area (Å²) < 4.78 is 39.4. The zero-order valence-electron chi connectivity index (χ0n) is 16.8. The summed E-state index contributed by atoms with van der Waals surface area (Å²) >= 11 is 0. The number of rotatable bonds is 7. The van der Waals surface area contributed by atoms with Gasteiger partial charge in [0.05, 0.1) is 5.56 Å². The largest absolute Gasteiger partial charge is 0.416 e. The van der Waals surface area contributed by atoms with Crippen LogP contribution in [0.3, 0.4) is 0 Å². The Hall–Kier alpha value is -2.34. The third-order valence-corrected chi connectivity index (χ3v) is 4.80. The molecule has 152 valence electrons. The first kappa shape index (κ1) is 22.0. The highest BCUT2D eigenvalue weighted by Gasteiger charge is 2.33. The van der Waals surface area contributed by atoms with Crippen LogP contribution in [-0.2, 0) is 19.3 Å². The van der Waals surface area contributed by atoms with Gasteiger partial charge in [-0.05, 0) is 49.7 Å². The predicted octanol–water partition coefficient (Wildman–Crippen LogP) is 5.21. The van der Waals surface area contributed by atoms with Gasteiger partial charge in [0.1, 0.15) is 0 Å². The number of carbonyl (C=O) groups is 1. The highest BCUT2D eigenvalue weighted by molar-refractivity contribution is 5.94. The molecule has 0 aliphatic carbocycles. The molecule has 28 heavy (non-hydrogen) atoms. The van der Waals surface area contributed by atoms with Gasteiger partial charge in [-0.3, -0.25) is 9.69 Å². The van der Waals surface area contributed by atoms with E-state index in [1.54, 1.807) is 18.2 Å². The average Bonchev–Trinajstić information content (AvgIpc) is 2.65. The van der Waals surface area contributed by atoms with Gasteiger partial charge in [-0.1, -0.05) is 37.3 Å². The van der Waals surface area contributed by atoms with Crippen molar-refractivity contribution in [3.05, 3.63) is 70.8 Å². The second-order valence-corrected chi connectivity index (χ2v) is 7.17. The van der Waals surface area contributed by atoms with Crippen LogP contribution < -0.4 is 0 Å². The van der Waals surface area contributed by atoms with E-state index in [1.165, 1.54) is 24.1 Å². The Balaban J connectivity index is 2.10. The standard InChI is InChI=1S/C22H27F3N2O/c1-5-27(16(2)3)14-17-10-12-18(13-11-17)21(28)26(4)15-19-8-6-7-9-20(19)22(23,24)25/h6-13,16H,5,14-15H2,1-4H3. The van der Waals surface area contributed by atoms with Crippen molar-refractivity contribution in [2.75, 3.05) is 13.6 Å². The Kier molecular flexibility index (Phi) is 7.24. The first-order chi connectivity index (χ1) is 13.1. The van der Waals surface area contributed by atoms with Crippen LogP contribution in [0, 0.1) is 0 Å². The molecule has 0 fully saturated rings. The van der Waals surface area contributed by atoms with Crippen molar-refractivity contribution in [1.82, 2.24) is 9.80 Å². The van der Waals surface area contributed by atoms with Gasteiger partial charge in [0.15, 0.2) is 0 Å². The molecular weight excluding hydrogens is 365 g/mol. The predicted molar refractivity (Wildman–Crippen MR) is 105 cm³/mol. The van der Waals surface area contributed by atoms with Gasteiger partial charge in [-0.15, -0.1) is 0 Å². The van der Waals surface area contributed by atoms with Crippen LogP contribution in [0.1, 0.15) is 47.8 Å². The van der Waals surface area contributed by atoms with Gasteiger partial charge in [-0.2, -0.15) is 13.2 Å². The van der Waals surface area contributed by atoms with Crippen LogP contribution in [0.4, 0.5) is 13.2 Å². The lowest BCUT2D eigenvalue weighted by Gasteiger charge is -2.25. The lowest BCUT2D eigenvalue weighted by Crippen LogP contribution is -2.30. The van der Waals surface area contributed by atoms with E-state index in [0.29, 0.717) is 11.6 Å². The van der Waals surface area contributed by atoms with Gasteiger partial charge in [0, 0.05) is 31.7 Å².